The van der Waals surface area contributed by atoms with E-state index in [9.17, 15) is 9.59 Å². The van der Waals surface area contributed by atoms with E-state index in [1.54, 1.807) is 7.11 Å². The number of carbonyl (C=O) groups is 1. The van der Waals surface area contributed by atoms with Gasteiger partial charge in [-0.25, -0.2) is 9.89 Å². The Morgan fingerprint density at radius 3 is 2.74 bits per heavy atom. The number of rotatable bonds is 9. The number of methoxy groups -OCH3 is 1. The Balaban J connectivity index is 1.97. The first-order chi connectivity index (χ1) is 11.2. The van der Waals surface area contributed by atoms with Crippen molar-refractivity contribution in [3.63, 3.8) is 0 Å². The summed E-state index contributed by atoms with van der Waals surface area (Å²) < 4.78 is 6.53. The van der Waals surface area contributed by atoms with Gasteiger partial charge in [0, 0.05) is 25.8 Å². The minimum Gasteiger partial charge on any atom is -0.385 e. The van der Waals surface area contributed by atoms with Gasteiger partial charge in [-0.05, 0) is 18.4 Å². The number of carbonyl (C=O) groups excluding carboxylic acids is 1. The zero-order valence-corrected chi connectivity index (χ0v) is 14.2. The monoisotopic (exact) mass is 335 g/mol. The minimum absolute atomic E-state index is 0.0246. The van der Waals surface area contributed by atoms with Crippen molar-refractivity contribution in [3.05, 3.63) is 45.9 Å². The van der Waals surface area contributed by atoms with Gasteiger partial charge < -0.3 is 4.74 Å². The molecular formula is C16H21N3O3S. The van der Waals surface area contributed by atoms with Crippen molar-refractivity contribution in [2.75, 3.05) is 19.5 Å². The van der Waals surface area contributed by atoms with E-state index in [0.717, 1.165) is 12.8 Å². The summed E-state index contributed by atoms with van der Waals surface area (Å²) in [6.07, 6.45) is 1.67. The largest absolute Gasteiger partial charge is 0.385 e. The number of aryl methyl sites for hydroxylation is 1. The van der Waals surface area contributed by atoms with Crippen LogP contribution < -0.4 is 5.69 Å². The molecule has 1 heterocycles. The molecule has 0 aliphatic rings. The summed E-state index contributed by atoms with van der Waals surface area (Å²) >= 11 is 1.27. The van der Waals surface area contributed by atoms with E-state index in [1.807, 2.05) is 24.3 Å². The topological polar surface area (TPSA) is 77.0 Å². The Morgan fingerprint density at radius 1 is 1.35 bits per heavy atom. The smallest absolute Gasteiger partial charge is 0.343 e. The van der Waals surface area contributed by atoms with Crippen molar-refractivity contribution >= 4 is 17.5 Å². The summed E-state index contributed by atoms with van der Waals surface area (Å²) in [4.78, 5) is 24.0. The number of aromatic nitrogens is 3. The number of ether oxygens (including phenoxy) is 1. The van der Waals surface area contributed by atoms with Crippen LogP contribution in [0.15, 0.2) is 34.2 Å². The van der Waals surface area contributed by atoms with Gasteiger partial charge in [0.05, 0.1) is 5.75 Å². The lowest BCUT2D eigenvalue weighted by molar-refractivity contribution is 0.102. The zero-order valence-electron chi connectivity index (χ0n) is 13.4. The Hall–Kier alpha value is -1.86. The van der Waals surface area contributed by atoms with E-state index < -0.39 is 0 Å². The summed E-state index contributed by atoms with van der Waals surface area (Å²) in [7, 11) is 1.62. The molecule has 0 radical (unpaired) electrons. The van der Waals surface area contributed by atoms with Gasteiger partial charge in [0.15, 0.2) is 10.9 Å². The summed E-state index contributed by atoms with van der Waals surface area (Å²) in [5.74, 6) is 0.275. The Kier molecular flexibility index (Phi) is 6.61. The van der Waals surface area contributed by atoms with Crippen molar-refractivity contribution in [1.82, 2.24) is 14.8 Å². The Bertz CT molecular complexity index is 691. The second-order valence-corrected chi connectivity index (χ2v) is 6.01. The Labute approximate surface area is 139 Å². The fraction of sp³-hybridized carbons (Fsp3) is 0.438. The lowest BCUT2D eigenvalue weighted by atomic mass is 10.1. The molecule has 0 fully saturated rings. The molecule has 0 spiro atoms. The highest BCUT2D eigenvalue weighted by Crippen LogP contribution is 2.16. The van der Waals surface area contributed by atoms with Crippen molar-refractivity contribution < 1.29 is 9.53 Å². The first-order valence-corrected chi connectivity index (χ1v) is 8.53. The molecule has 0 saturated heterocycles. The maximum atomic E-state index is 12.2. The van der Waals surface area contributed by atoms with Crippen LogP contribution in [-0.4, -0.2) is 40.0 Å². The van der Waals surface area contributed by atoms with Crippen LogP contribution in [0.25, 0.3) is 0 Å². The van der Waals surface area contributed by atoms with Gasteiger partial charge in [-0.15, -0.1) is 5.10 Å². The molecule has 0 aliphatic heterocycles. The number of hydrogen-bond donors (Lipinski definition) is 1. The highest BCUT2D eigenvalue weighted by atomic mass is 32.2. The van der Waals surface area contributed by atoms with Crippen LogP contribution in [0.4, 0.5) is 0 Å². The van der Waals surface area contributed by atoms with Crippen LogP contribution >= 0.6 is 11.8 Å². The van der Waals surface area contributed by atoms with Gasteiger partial charge in [-0.3, -0.25) is 9.36 Å². The van der Waals surface area contributed by atoms with Crippen LogP contribution in [-0.2, 0) is 17.7 Å². The quantitative estimate of drug-likeness (QED) is 0.432. The summed E-state index contributed by atoms with van der Waals surface area (Å²) in [6, 6.07) is 7.62. The Morgan fingerprint density at radius 2 is 2.09 bits per heavy atom. The number of benzene rings is 1. The molecule has 2 aromatic rings. The molecule has 2 rings (SSSR count). The molecule has 1 aromatic heterocycles. The predicted octanol–water partition coefficient (Wildman–Crippen LogP) is 2.15. The number of aromatic amines is 1. The predicted molar refractivity (Wildman–Crippen MR) is 90.2 cm³/mol. The van der Waals surface area contributed by atoms with E-state index in [2.05, 4.69) is 17.1 Å². The third-order valence-corrected chi connectivity index (χ3v) is 4.45. The third kappa shape index (κ3) is 4.80. The normalized spacial score (nSPS) is 10.9. The van der Waals surface area contributed by atoms with E-state index >= 15 is 0 Å². The van der Waals surface area contributed by atoms with E-state index in [0.29, 0.717) is 23.9 Å². The molecule has 0 aliphatic carbocycles. The van der Waals surface area contributed by atoms with Crippen molar-refractivity contribution in [1.29, 1.82) is 0 Å². The van der Waals surface area contributed by atoms with Gasteiger partial charge in [0.2, 0.25) is 0 Å². The fourth-order valence-corrected chi connectivity index (χ4v) is 2.98. The average molecular weight is 335 g/mol. The fourth-order valence-electron chi connectivity index (χ4n) is 2.12. The molecule has 1 N–H and O–H groups in total. The van der Waals surface area contributed by atoms with Gasteiger partial charge >= 0.3 is 5.69 Å². The van der Waals surface area contributed by atoms with Gasteiger partial charge in [-0.2, -0.15) is 0 Å². The van der Waals surface area contributed by atoms with Crippen molar-refractivity contribution in [3.8, 4) is 0 Å². The summed E-state index contributed by atoms with van der Waals surface area (Å²) in [6.45, 7) is 3.17. The molecule has 0 amide bonds. The zero-order chi connectivity index (χ0) is 16.7. The minimum atomic E-state index is -0.261. The number of nitrogens with one attached hydrogen (secondary N) is 1. The third-order valence-electron chi connectivity index (χ3n) is 3.47. The lowest BCUT2D eigenvalue weighted by Crippen LogP contribution is -2.18. The number of ketones is 1. The van der Waals surface area contributed by atoms with E-state index in [-0.39, 0.29) is 17.2 Å². The molecule has 6 nitrogen and oxygen atoms in total. The second-order valence-electron chi connectivity index (χ2n) is 5.07. The standard InChI is InChI=1S/C16H21N3O3S/c1-3-12-5-7-13(8-6-12)14(20)11-23-16-18-17-15(21)19(16)9-4-10-22-2/h5-8H,3-4,9-11H2,1-2H3,(H,17,21). The van der Waals surface area contributed by atoms with Gasteiger partial charge in [0.1, 0.15) is 0 Å². The van der Waals surface area contributed by atoms with E-state index in [1.165, 1.54) is 21.9 Å². The van der Waals surface area contributed by atoms with Crippen LogP contribution in [0.1, 0.15) is 29.3 Å². The number of H-pyrrole nitrogens is 1. The van der Waals surface area contributed by atoms with Crippen molar-refractivity contribution in [2.45, 2.75) is 31.5 Å². The van der Waals surface area contributed by atoms with Crippen LogP contribution in [0.3, 0.4) is 0 Å². The first-order valence-electron chi connectivity index (χ1n) is 7.54. The molecule has 0 atom stereocenters. The van der Waals surface area contributed by atoms with Crippen LogP contribution in [0.2, 0.25) is 0 Å². The average Bonchev–Trinajstić information content (AvgIpc) is 2.93. The van der Waals surface area contributed by atoms with Crippen LogP contribution in [0.5, 0.6) is 0 Å². The number of Topliss-reactive ketones (excluding diaryl/α,β-unsaturated/α-hetero) is 1. The number of hydrogen-bond acceptors (Lipinski definition) is 5. The molecule has 0 unspecified atom stereocenters. The van der Waals surface area contributed by atoms with Gasteiger partial charge in [-0.1, -0.05) is 43.0 Å². The maximum Gasteiger partial charge on any atom is 0.343 e. The highest BCUT2D eigenvalue weighted by molar-refractivity contribution is 7.99. The summed E-state index contributed by atoms with van der Waals surface area (Å²) in [5, 5.41) is 6.94. The van der Waals surface area contributed by atoms with Crippen LogP contribution in [0, 0.1) is 0 Å². The molecule has 23 heavy (non-hydrogen) atoms. The highest BCUT2D eigenvalue weighted by Gasteiger charge is 2.12. The molecule has 0 bridgehead atoms. The van der Waals surface area contributed by atoms with Crippen molar-refractivity contribution in [2.24, 2.45) is 0 Å². The molecule has 1 aromatic carbocycles. The molecule has 124 valence electrons. The number of thioether (sulfide) groups is 1. The SMILES string of the molecule is CCc1ccc(C(=O)CSc2n[nH]c(=O)n2CCCOC)cc1. The van der Waals surface area contributed by atoms with E-state index in [4.69, 9.17) is 4.74 Å². The number of nitrogens with zero attached hydrogens (tertiary/aromatic N) is 2. The maximum absolute atomic E-state index is 12.2. The summed E-state index contributed by atoms with van der Waals surface area (Å²) in [5.41, 5.74) is 1.62. The molecular weight excluding hydrogens is 314 g/mol. The molecule has 0 saturated carbocycles. The second kappa shape index (κ2) is 8.69. The first kappa shape index (κ1) is 17.5. The lowest BCUT2D eigenvalue weighted by Gasteiger charge is -2.05. The van der Waals surface area contributed by atoms with Gasteiger partial charge in [0.25, 0.3) is 0 Å². The molecule has 7 heteroatoms.